The SMILES string of the molecule is c1ccc2c(c1)c1nc3nonc3nc1n2CCCC1=NN=NC1. The molecule has 118 valence electrons. The Kier molecular flexibility index (Phi) is 2.84. The summed E-state index contributed by atoms with van der Waals surface area (Å²) in [5.41, 5.74) is 4.57. The maximum Gasteiger partial charge on any atom is 0.245 e. The third-order valence-corrected chi connectivity index (χ3v) is 4.15. The average molecular weight is 320 g/mol. The predicted molar refractivity (Wildman–Crippen MR) is 86.8 cm³/mol. The second-order valence-corrected chi connectivity index (χ2v) is 5.63. The van der Waals surface area contributed by atoms with E-state index in [9.17, 15) is 0 Å². The minimum absolute atomic E-state index is 0.421. The first kappa shape index (κ1) is 13.2. The van der Waals surface area contributed by atoms with Crippen LogP contribution in [0.25, 0.3) is 33.4 Å². The number of rotatable bonds is 4. The minimum Gasteiger partial charge on any atom is -0.324 e. The smallest absolute Gasteiger partial charge is 0.245 e. The lowest BCUT2D eigenvalue weighted by Gasteiger charge is -2.06. The van der Waals surface area contributed by atoms with E-state index in [2.05, 4.69) is 46.4 Å². The number of hydrogen-bond donors (Lipinski definition) is 0. The van der Waals surface area contributed by atoms with Gasteiger partial charge in [-0.25, -0.2) is 14.6 Å². The molecule has 0 spiro atoms. The van der Waals surface area contributed by atoms with Gasteiger partial charge in [-0.15, -0.1) is 5.10 Å². The van der Waals surface area contributed by atoms with Crippen LogP contribution in [0, 0.1) is 0 Å². The Bertz CT molecular complexity index is 1120. The summed E-state index contributed by atoms with van der Waals surface area (Å²) < 4.78 is 6.90. The number of fused-ring (bicyclic) bond motifs is 4. The third kappa shape index (κ3) is 1.98. The molecule has 1 aliphatic heterocycles. The quantitative estimate of drug-likeness (QED) is 0.574. The first-order valence-corrected chi connectivity index (χ1v) is 7.69. The van der Waals surface area contributed by atoms with Crippen LogP contribution in [0.15, 0.2) is 44.3 Å². The van der Waals surface area contributed by atoms with Crippen molar-refractivity contribution in [3.8, 4) is 0 Å². The summed E-state index contributed by atoms with van der Waals surface area (Å²) in [6.45, 7) is 1.41. The maximum atomic E-state index is 4.74. The Hall–Kier alpha value is -3.23. The fourth-order valence-corrected chi connectivity index (χ4v) is 3.06. The first-order chi connectivity index (χ1) is 11.9. The fraction of sp³-hybridized carbons (Fsp3) is 0.267. The van der Waals surface area contributed by atoms with Gasteiger partial charge in [0.2, 0.25) is 11.3 Å². The van der Waals surface area contributed by atoms with Crippen molar-refractivity contribution >= 4 is 39.1 Å². The van der Waals surface area contributed by atoms with Crippen molar-refractivity contribution in [3.05, 3.63) is 24.3 Å². The number of nitrogens with zero attached hydrogens (tertiary/aromatic N) is 8. The molecule has 0 bridgehead atoms. The molecule has 0 amide bonds. The normalized spacial score (nSPS) is 14.2. The zero-order chi connectivity index (χ0) is 15.9. The van der Waals surface area contributed by atoms with Crippen molar-refractivity contribution in [1.82, 2.24) is 24.8 Å². The molecule has 0 radical (unpaired) electrons. The van der Waals surface area contributed by atoms with Gasteiger partial charge in [0.05, 0.1) is 11.2 Å². The van der Waals surface area contributed by atoms with Crippen molar-refractivity contribution in [1.29, 1.82) is 0 Å². The molecular weight excluding hydrogens is 308 g/mol. The van der Waals surface area contributed by atoms with Gasteiger partial charge in [-0.2, -0.15) is 5.11 Å². The van der Waals surface area contributed by atoms with Gasteiger partial charge in [0, 0.05) is 11.9 Å². The van der Waals surface area contributed by atoms with Crippen molar-refractivity contribution in [3.63, 3.8) is 0 Å². The minimum atomic E-state index is 0.421. The molecule has 1 aromatic carbocycles. The highest BCUT2D eigenvalue weighted by Gasteiger charge is 2.16. The van der Waals surface area contributed by atoms with Crippen LogP contribution >= 0.6 is 0 Å². The van der Waals surface area contributed by atoms with E-state index < -0.39 is 0 Å². The summed E-state index contributed by atoms with van der Waals surface area (Å²) in [6, 6.07) is 8.13. The van der Waals surface area contributed by atoms with E-state index in [0.29, 0.717) is 17.8 Å². The van der Waals surface area contributed by atoms with Gasteiger partial charge in [-0.3, -0.25) is 0 Å². The van der Waals surface area contributed by atoms with E-state index in [1.807, 2.05) is 18.2 Å². The lowest BCUT2D eigenvalue weighted by atomic mass is 10.2. The molecule has 1 aliphatic rings. The molecule has 4 aromatic rings. The van der Waals surface area contributed by atoms with Crippen molar-refractivity contribution in [2.75, 3.05) is 6.54 Å². The molecule has 0 atom stereocenters. The van der Waals surface area contributed by atoms with Crippen LogP contribution in [0.5, 0.6) is 0 Å². The Balaban J connectivity index is 1.61. The maximum absolute atomic E-state index is 4.74. The molecule has 4 heterocycles. The fourth-order valence-electron chi connectivity index (χ4n) is 3.06. The Morgan fingerprint density at radius 3 is 2.83 bits per heavy atom. The predicted octanol–water partition coefficient (Wildman–Crippen LogP) is 2.72. The van der Waals surface area contributed by atoms with Gasteiger partial charge >= 0.3 is 0 Å². The summed E-state index contributed by atoms with van der Waals surface area (Å²) in [4.78, 5) is 9.16. The van der Waals surface area contributed by atoms with Crippen LogP contribution in [-0.2, 0) is 6.54 Å². The summed E-state index contributed by atoms with van der Waals surface area (Å²) in [7, 11) is 0. The Morgan fingerprint density at radius 1 is 1.08 bits per heavy atom. The van der Waals surface area contributed by atoms with Gasteiger partial charge in [0.15, 0.2) is 5.65 Å². The van der Waals surface area contributed by atoms with Gasteiger partial charge in [0.25, 0.3) is 0 Å². The van der Waals surface area contributed by atoms with Crippen LogP contribution in [-0.4, -0.2) is 37.1 Å². The van der Waals surface area contributed by atoms with Gasteiger partial charge in [-0.05, 0) is 34.4 Å². The van der Waals surface area contributed by atoms with Crippen molar-refractivity contribution < 1.29 is 4.63 Å². The molecule has 0 fully saturated rings. The zero-order valence-electron chi connectivity index (χ0n) is 12.6. The molecule has 0 unspecified atom stereocenters. The third-order valence-electron chi connectivity index (χ3n) is 4.15. The monoisotopic (exact) mass is 320 g/mol. The molecule has 5 rings (SSSR count). The Morgan fingerprint density at radius 2 is 1.96 bits per heavy atom. The summed E-state index contributed by atoms with van der Waals surface area (Å²) in [5, 5.41) is 20.2. The molecule has 9 nitrogen and oxygen atoms in total. The number of para-hydroxylation sites is 1. The number of aryl methyl sites for hydroxylation is 1. The number of benzene rings is 1. The first-order valence-electron chi connectivity index (χ1n) is 7.69. The lowest BCUT2D eigenvalue weighted by Crippen LogP contribution is -2.04. The highest BCUT2D eigenvalue weighted by Crippen LogP contribution is 2.27. The van der Waals surface area contributed by atoms with E-state index in [1.165, 1.54) is 0 Å². The molecule has 0 aliphatic carbocycles. The molecule has 24 heavy (non-hydrogen) atoms. The molecular formula is C15H12N8O. The lowest BCUT2D eigenvalue weighted by molar-refractivity contribution is 0.314. The van der Waals surface area contributed by atoms with E-state index >= 15 is 0 Å². The zero-order valence-corrected chi connectivity index (χ0v) is 12.6. The van der Waals surface area contributed by atoms with Crippen LogP contribution in [0.1, 0.15) is 12.8 Å². The van der Waals surface area contributed by atoms with E-state index in [4.69, 9.17) is 4.63 Å². The molecule has 0 saturated heterocycles. The largest absolute Gasteiger partial charge is 0.324 e. The highest BCUT2D eigenvalue weighted by molar-refractivity contribution is 6.05. The average Bonchev–Trinajstić information content (AvgIpc) is 3.33. The van der Waals surface area contributed by atoms with Gasteiger partial charge in [0.1, 0.15) is 12.1 Å². The van der Waals surface area contributed by atoms with Gasteiger partial charge in [-0.1, -0.05) is 18.2 Å². The van der Waals surface area contributed by atoms with Crippen LogP contribution in [0.3, 0.4) is 0 Å². The van der Waals surface area contributed by atoms with Crippen LogP contribution in [0.4, 0.5) is 0 Å². The standard InChI is InChI=1S/C15H12N8O/c1-2-6-11-10(5-1)12-15(18-14-13(17-12)20-24-21-14)23(11)7-3-4-9-8-16-22-19-9/h1-2,5-6H,3-4,7-8H2. The molecule has 0 saturated carbocycles. The van der Waals surface area contributed by atoms with Crippen molar-refractivity contribution in [2.24, 2.45) is 15.4 Å². The summed E-state index contributed by atoms with van der Waals surface area (Å²) >= 11 is 0. The topological polar surface area (TPSA) is 107 Å². The molecule has 3 aromatic heterocycles. The molecule has 9 heteroatoms. The van der Waals surface area contributed by atoms with Crippen molar-refractivity contribution in [2.45, 2.75) is 19.4 Å². The second-order valence-electron chi connectivity index (χ2n) is 5.63. The highest BCUT2D eigenvalue weighted by atomic mass is 16.6. The summed E-state index contributed by atoms with van der Waals surface area (Å²) in [5.74, 6) is 0. The Labute approximate surface area is 135 Å². The van der Waals surface area contributed by atoms with Gasteiger partial charge < -0.3 is 4.57 Å². The van der Waals surface area contributed by atoms with E-state index in [0.717, 1.165) is 47.2 Å². The van der Waals surface area contributed by atoms with E-state index in [-0.39, 0.29) is 0 Å². The number of hydrogen-bond acceptors (Lipinski definition) is 8. The van der Waals surface area contributed by atoms with Crippen LogP contribution < -0.4 is 0 Å². The second kappa shape index (κ2) is 5.15. The molecule has 0 N–H and O–H groups in total. The van der Waals surface area contributed by atoms with Crippen LogP contribution in [0.2, 0.25) is 0 Å². The summed E-state index contributed by atoms with van der Waals surface area (Å²) in [6.07, 6.45) is 1.79. The van der Waals surface area contributed by atoms with E-state index in [1.54, 1.807) is 0 Å². The number of aromatic nitrogens is 5.